The maximum Gasteiger partial charge on any atom is 1.00 e. The van der Waals surface area contributed by atoms with Crippen molar-refractivity contribution in [2.24, 2.45) is 0 Å². The Balaban J connectivity index is 0. The predicted molar refractivity (Wildman–Crippen MR) is 28.6 cm³/mol. The van der Waals surface area contributed by atoms with Crippen LogP contribution in [-0.2, 0) is 0 Å². The fraction of sp³-hybridized carbons (Fsp3) is 0. The van der Waals surface area contributed by atoms with E-state index < -0.39 is 0 Å². The molecule has 9 heavy (non-hydrogen) atoms. The standard InChI is InChI=1S/5Na.4Sb.5H/q5*+1;;;;;5*-1. The van der Waals surface area contributed by atoms with Crippen LogP contribution >= 0.6 is 0 Å². The molecule has 0 heterocycles. The molecule has 0 aromatic rings. The fourth-order valence-corrected chi connectivity index (χ4v) is 0. The Hall–Kier alpha value is 8.27. The van der Waals surface area contributed by atoms with Gasteiger partial charge in [-0.05, 0) is 0 Å². The Kier molecular flexibility index (Phi) is 412. The van der Waals surface area contributed by atoms with Crippen molar-refractivity contribution in [2.45, 2.75) is 0 Å². The van der Waals surface area contributed by atoms with Crippen LogP contribution < -0.4 is 148 Å². The normalized spacial score (nSPS) is 0. The Morgan fingerprint density at radius 1 is 0.333 bits per heavy atom. The van der Waals surface area contributed by atoms with Crippen molar-refractivity contribution in [3.05, 3.63) is 0 Å². The zero-order valence-corrected chi connectivity index (χ0v) is 27.0. The van der Waals surface area contributed by atoms with Gasteiger partial charge < -0.3 is 7.13 Å². The summed E-state index contributed by atoms with van der Waals surface area (Å²) in [6.07, 6.45) is 0. The molecule has 0 saturated carbocycles. The van der Waals surface area contributed by atoms with E-state index in [1.807, 2.05) is 0 Å². The number of hydrogen-bond acceptors (Lipinski definition) is 0. The molecule has 0 aliphatic heterocycles. The molecule has 0 amide bonds. The third-order valence-corrected chi connectivity index (χ3v) is 0. The largest absolute Gasteiger partial charge is 1.00 e. The molecule has 12 radical (unpaired) electrons. The SMILES string of the molecule is [H-].[H-].[H-].[H-].[H-].[Na+].[Na+].[Na+].[Na+].[Na+].[Sb].[Sb].[Sb].[Sb]. The zero-order valence-electron chi connectivity index (χ0n) is 11.8. The molecule has 0 unspecified atom stereocenters. The van der Waals surface area contributed by atoms with Crippen LogP contribution in [0.15, 0.2) is 0 Å². The molecule has 0 aromatic heterocycles. The molecule has 0 saturated heterocycles. The second kappa shape index (κ2) is 55.5. The first-order valence-electron chi connectivity index (χ1n) is 0. The number of hydrogen-bond donors (Lipinski definition) is 0. The second-order valence-electron chi connectivity index (χ2n) is 0. The minimum atomic E-state index is 0. The van der Waals surface area contributed by atoms with Crippen LogP contribution in [0, 0.1) is 0 Å². The minimum Gasteiger partial charge on any atom is -1.00 e. The van der Waals surface area contributed by atoms with Crippen molar-refractivity contribution in [3.63, 3.8) is 0 Å². The quantitative estimate of drug-likeness (QED) is 0.241. The van der Waals surface area contributed by atoms with E-state index in [1.165, 1.54) is 0 Å². The molecular weight excluding hydrogens is 602 g/mol. The topological polar surface area (TPSA) is 0 Å². The summed E-state index contributed by atoms with van der Waals surface area (Å²) in [4.78, 5) is 0. The average molecular weight is 607 g/mol. The first-order chi connectivity index (χ1) is 0. The summed E-state index contributed by atoms with van der Waals surface area (Å²) < 4.78 is 0. The molecule has 0 nitrogen and oxygen atoms in total. The van der Waals surface area contributed by atoms with Crippen LogP contribution in [-0.4, -0.2) is 97.7 Å². The Bertz CT molecular complexity index is 22.1. The van der Waals surface area contributed by atoms with Crippen molar-refractivity contribution in [1.82, 2.24) is 0 Å². The molecule has 0 aliphatic carbocycles. The first kappa shape index (κ1) is 66.8. The summed E-state index contributed by atoms with van der Waals surface area (Å²) in [6.45, 7) is 0. The van der Waals surface area contributed by atoms with E-state index in [2.05, 4.69) is 0 Å². The molecule has 0 spiro atoms. The number of rotatable bonds is 0. The van der Waals surface area contributed by atoms with Gasteiger partial charge in [-0.25, -0.2) is 0 Å². The molecular formula is H5Na5Sb4. The summed E-state index contributed by atoms with van der Waals surface area (Å²) in [5.74, 6) is 0. The van der Waals surface area contributed by atoms with E-state index in [1.54, 1.807) is 0 Å². The van der Waals surface area contributed by atoms with E-state index in [-0.39, 0.29) is 253 Å². The van der Waals surface area contributed by atoms with Gasteiger partial charge in [0.1, 0.15) is 0 Å². The molecule has 0 aromatic carbocycles. The van der Waals surface area contributed by atoms with Crippen molar-refractivity contribution < 1.29 is 155 Å². The summed E-state index contributed by atoms with van der Waals surface area (Å²) in [7, 11) is 0. The second-order valence-corrected chi connectivity index (χ2v) is 0. The molecule has 0 bridgehead atoms. The fourth-order valence-electron chi connectivity index (χ4n) is 0. The van der Waals surface area contributed by atoms with Crippen LogP contribution in [0.3, 0.4) is 0 Å². The maximum atomic E-state index is 0. The summed E-state index contributed by atoms with van der Waals surface area (Å²) in [5, 5.41) is 0. The van der Waals surface area contributed by atoms with Gasteiger partial charge in [-0.2, -0.15) is 0 Å². The van der Waals surface area contributed by atoms with Crippen LogP contribution in [0.1, 0.15) is 7.13 Å². The minimum absolute atomic E-state index is 0. The van der Waals surface area contributed by atoms with E-state index in [0.717, 1.165) is 0 Å². The van der Waals surface area contributed by atoms with Crippen LogP contribution in [0.5, 0.6) is 0 Å². The smallest absolute Gasteiger partial charge is 1.00 e. The first-order valence-corrected chi connectivity index (χ1v) is 0. The Morgan fingerprint density at radius 2 is 0.333 bits per heavy atom. The molecule has 9 heteroatoms. The van der Waals surface area contributed by atoms with Gasteiger partial charge in [-0.15, -0.1) is 0 Å². The third kappa shape index (κ3) is 48.4. The van der Waals surface area contributed by atoms with Gasteiger partial charge >= 0.3 is 148 Å². The average Bonchev–Trinajstić information content (AvgIpc) is 0. The Morgan fingerprint density at radius 3 is 0.333 bits per heavy atom. The Labute approximate surface area is 245 Å². The molecule has 30 valence electrons. The van der Waals surface area contributed by atoms with Crippen molar-refractivity contribution in [2.75, 3.05) is 0 Å². The third-order valence-electron chi connectivity index (χ3n) is 0. The van der Waals surface area contributed by atoms with Crippen molar-refractivity contribution in [1.29, 1.82) is 0 Å². The molecule has 0 rings (SSSR count). The van der Waals surface area contributed by atoms with Gasteiger partial charge in [-0.3, -0.25) is 0 Å². The predicted octanol–water partition coefficient (Wildman–Crippen LogP) is -15.9. The molecule has 0 atom stereocenters. The zero-order chi connectivity index (χ0) is 0. The maximum absolute atomic E-state index is 0. The van der Waals surface area contributed by atoms with Crippen LogP contribution in [0.4, 0.5) is 0 Å². The van der Waals surface area contributed by atoms with Gasteiger partial charge in [0.25, 0.3) is 0 Å². The van der Waals surface area contributed by atoms with Gasteiger partial charge in [0.2, 0.25) is 0 Å². The molecule has 0 aliphatic rings. The van der Waals surface area contributed by atoms with Crippen LogP contribution in [0.2, 0.25) is 0 Å². The van der Waals surface area contributed by atoms with E-state index in [4.69, 9.17) is 0 Å². The van der Waals surface area contributed by atoms with E-state index >= 15 is 0 Å². The van der Waals surface area contributed by atoms with E-state index in [0.29, 0.717) is 0 Å². The van der Waals surface area contributed by atoms with Crippen LogP contribution in [0.25, 0.3) is 0 Å². The summed E-state index contributed by atoms with van der Waals surface area (Å²) in [5.41, 5.74) is 0. The van der Waals surface area contributed by atoms with Gasteiger partial charge in [0.15, 0.2) is 0 Å². The molecule has 0 fully saturated rings. The van der Waals surface area contributed by atoms with Gasteiger partial charge in [0, 0.05) is 97.7 Å². The summed E-state index contributed by atoms with van der Waals surface area (Å²) in [6, 6.07) is 0. The van der Waals surface area contributed by atoms with Crippen molar-refractivity contribution in [3.8, 4) is 0 Å². The van der Waals surface area contributed by atoms with Gasteiger partial charge in [0.05, 0.1) is 0 Å². The van der Waals surface area contributed by atoms with Crippen molar-refractivity contribution >= 4 is 97.7 Å². The summed E-state index contributed by atoms with van der Waals surface area (Å²) >= 11 is 0. The monoisotopic (exact) mass is 604 g/mol. The van der Waals surface area contributed by atoms with Gasteiger partial charge in [-0.1, -0.05) is 0 Å². The van der Waals surface area contributed by atoms with E-state index in [9.17, 15) is 0 Å². The molecule has 0 N–H and O–H groups in total.